The van der Waals surface area contributed by atoms with Crippen LogP contribution in [-0.4, -0.2) is 21.3 Å². The van der Waals surface area contributed by atoms with E-state index in [0.29, 0.717) is 11.7 Å². The number of nitrogens with zero attached hydrogens (tertiary/aromatic N) is 3. The van der Waals surface area contributed by atoms with Crippen LogP contribution in [0.3, 0.4) is 0 Å². The molecule has 0 saturated carbocycles. The third kappa shape index (κ3) is 3.83. The number of benzene rings is 1. The maximum absolute atomic E-state index is 13.5. The topological polar surface area (TPSA) is 48.5 Å². The molecule has 0 radical (unpaired) electrons. The molecule has 0 atom stereocenters. The zero-order valence-corrected chi connectivity index (χ0v) is 18.6. The molecule has 5 heteroatoms. The number of rotatable bonds is 8. The van der Waals surface area contributed by atoms with Crippen molar-refractivity contribution in [2.75, 3.05) is 7.11 Å². The van der Waals surface area contributed by atoms with Crippen molar-refractivity contribution in [3.63, 3.8) is 0 Å². The second-order valence-electron chi connectivity index (χ2n) is 7.84. The maximum atomic E-state index is 13.5. The molecule has 2 aromatic heterocycles. The summed E-state index contributed by atoms with van der Waals surface area (Å²) in [4.78, 5) is 13.5. The van der Waals surface area contributed by atoms with Crippen molar-refractivity contribution in [3.8, 4) is 17.1 Å². The Morgan fingerprint density at radius 1 is 1.10 bits per heavy atom. The standard InChI is InChI=1S/C24H33N3O2/c1-7-10-18(11-8-2)21-14-16(4)27-22(21)24(28)26(5)23(25-27)20-13-12-19(29-6)15-17(20)9-3/h12-15,18H,7-11H2,1-6H3. The van der Waals surface area contributed by atoms with Crippen molar-refractivity contribution >= 4 is 5.52 Å². The molecule has 0 aliphatic rings. The van der Waals surface area contributed by atoms with Gasteiger partial charge in [0.05, 0.1) is 7.11 Å². The highest BCUT2D eigenvalue weighted by molar-refractivity contribution is 5.65. The highest BCUT2D eigenvalue weighted by Crippen LogP contribution is 2.31. The van der Waals surface area contributed by atoms with Crippen molar-refractivity contribution in [1.82, 2.24) is 14.2 Å². The van der Waals surface area contributed by atoms with E-state index in [1.807, 2.05) is 36.7 Å². The van der Waals surface area contributed by atoms with E-state index in [0.717, 1.165) is 65.8 Å². The van der Waals surface area contributed by atoms with E-state index in [4.69, 9.17) is 9.84 Å². The normalized spacial score (nSPS) is 11.6. The number of hydrogen-bond acceptors (Lipinski definition) is 3. The average molecular weight is 396 g/mol. The molecule has 29 heavy (non-hydrogen) atoms. The highest BCUT2D eigenvalue weighted by Gasteiger charge is 2.22. The highest BCUT2D eigenvalue weighted by atomic mass is 16.5. The lowest BCUT2D eigenvalue weighted by Crippen LogP contribution is -2.24. The van der Waals surface area contributed by atoms with Gasteiger partial charge >= 0.3 is 0 Å². The molecule has 0 spiro atoms. The first-order chi connectivity index (χ1) is 14.0. The van der Waals surface area contributed by atoms with E-state index in [2.05, 4.69) is 26.8 Å². The van der Waals surface area contributed by atoms with Crippen LogP contribution >= 0.6 is 0 Å². The van der Waals surface area contributed by atoms with Gasteiger partial charge in [0.1, 0.15) is 11.3 Å². The summed E-state index contributed by atoms with van der Waals surface area (Å²) in [5.41, 5.74) is 5.00. The van der Waals surface area contributed by atoms with E-state index in [-0.39, 0.29) is 5.56 Å². The summed E-state index contributed by atoms with van der Waals surface area (Å²) >= 11 is 0. The first-order valence-corrected chi connectivity index (χ1v) is 10.7. The van der Waals surface area contributed by atoms with Gasteiger partial charge in [0.25, 0.3) is 5.56 Å². The summed E-state index contributed by atoms with van der Waals surface area (Å²) in [5, 5.41) is 4.93. The van der Waals surface area contributed by atoms with Crippen molar-refractivity contribution in [1.29, 1.82) is 0 Å². The Bertz CT molecular complexity index is 1060. The number of aryl methyl sites for hydroxylation is 2. The van der Waals surface area contributed by atoms with E-state index in [9.17, 15) is 4.79 Å². The summed E-state index contributed by atoms with van der Waals surface area (Å²) in [6.07, 6.45) is 5.25. The van der Waals surface area contributed by atoms with E-state index in [1.54, 1.807) is 11.7 Å². The van der Waals surface area contributed by atoms with E-state index in [1.165, 1.54) is 0 Å². The Morgan fingerprint density at radius 2 is 1.79 bits per heavy atom. The molecule has 5 nitrogen and oxygen atoms in total. The third-order valence-electron chi connectivity index (χ3n) is 5.85. The maximum Gasteiger partial charge on any atom is 0.278 e. The number of fused-ring (bicyclic) bond motifs is 1. The van der Waals surface area contributed by atoms with Crippen LogP contribution < -0.4 is 10.3 Å². The lowest BCUT2D eigenvalue weighted by Gasteiger charge is -2.16. The number of aromatic nitrogens is 3. The van der Waals surface area contributed by atoms with Crippen molar-refractivity contribution in [2.24, 2.45) is 7.05 Å². The van der Waals surface area contributed by atoms with Gasteiger partial charge in [-0.15, -0.1) is 5.10 Å². The fraction of sp³-hybridized carbons (Fsp3) is 0.500. The van der Waals surface area contributed by atoms with Crippen molar-refractivity contribution < 1.29 is 4.74 Å². The Labute approximate surface area is 173 Å². The molecular formula is C24H33N3O2. The summed E-state index contributed by atoms with van der Waals surface area (Å²) in [6.45, 7) is 8.56. The number of methoxy groups -OCH3 is 1. The summed E-state index contributed by atoms with van der Waals surface area (Å²) in [5.74, 6) is 1.91. The zero-order valence-electron chi connectivity index (χ0n) is 18.6. The molecule has 3 rings (SSSR count). The number of hydrogen-bond donors (Lipinski definition) is 0. The smallest absolute Gasteiger partial charge is 0.278 e. The molecule has 0 fully saturated rings. The predicted molar refractivity (Wildman–Crippen MR) is 119 cm³/mol. The molecule has 1 aromatic carbocycles. The Kier molecular flexibility index (Phi) is 6.46. The second-order valence-corrected chi connectivity index (χ2v) is 7.84. The van der Waals surface area contributed by atoms with E-state index < -0.39 is 0 Å². The van der Waals surface area contributed by atoms with Crippen LogP contribution in [0.2, 0.25) is 0 Å². The third-order valence-corrected chi connectivity index (χ3v) is 5.85. The van der Waals surface area contributed by atoms with Gasteiger partial charge in [-0.05, 0) is 67.5 Å². The molecule has 0 N–H and O–H groups in total. The van der Waals surface area contributed by atoms with Gasteiger partial charge in [-0.3, -0.25) is 9.36 Å². The molecule has 0 saturated heterocycles. The SMILES string of the molecule is CCCC(CCC)c1cc(C)n2nc(-c3ccc(OC)cc3CC)n(C)c(=O)c12. The lowest BCUT2D eigenvalue weighted by atomic mass is 9.91. The van der Waals surface area contributed by atoms with Gasteiger partial charge in [-0.25, -0.2) is 4.52 Å². The molecule has 0 aliphatic carbocycles. The van der Waals surface area contributed by atoms with Crippen LogP contribution in [0.1, 0.15) is 69.2 Å². The monoisotopic (exact) mass is 395 g/mol. The molecule has 2 heterocycles. The summed E-state index contributed by atoms with van der Waals surface area (Å²) < 4.78 is 8.93. The van der Waals surface area contributed by atoms with Gasteiger partial charge in [0.15, 0.2) is 5.82 Å². The molecule has 0 amide bonds. The minimum absolute atomic E-state index is 0.0215. The predicted octanol–water partition coefficient (Wildman–Crippen LogP) is 5.26. The van der Waals surface area contributed by atoms with Crippen LogP contribution in [0.15, 0.2) is 29.1 Å². The number of ether oxygens (including phenoxy) is 1. The van der Waals surface area contributed by atoms with Crippen LogP contribution in [0.4, 0.5) is 0 Å². The molecule has 3 aromatic rings. The van der Waals surface area contributed by atoms with Gasteiger partial charge in [-0.1, -0.05) is 33.6 Å². The molecular weight excluding hydrogens is 362 g/mol. The Morgan fingerprint density at radius 3 is 2.38 bits per heavy atom. The zero-order chi connectivity index (χ0) is 21.1. The quantitative estimate of drug-likeness (QED) is 0.522. The molecule has 0 aliphatic heterocycles. The average Bonchev–Trinajstić information content (AvgIpc) is 3.06. The minimum Gasteiger partial charge on any atom is -0.497 e. The molecule has 0 unspecified atom stereocenters. The van der Waals surface area contributed by atoms with Crippen molar-refractivity contribution in [3.05, 3.63) is 51.4 Å². The Hall–Kier alpha value is -2.56. The minimum atomic E-state index is 0.0215. The van der Waals surface area contributed by atoms with E-state index >= 15 is 0 Å². The largest absolute Gasteiger partial charge is 0.497 e. The van der Waals surface area contributed by atoms with Crippen LogP contribution in [0, 0.1) is 6.92 Å². The van der Waals surface area contributed by atoms with Gasteiger partial charge < -0.3 is 4.74 Å². The summed E-state index contributed by atoms with van der Waals surface area (Å²) in [7, 11) is 3.50. The van der Waals surface area contributed by atoms with Crippen molar-refractivity contribution in [2.45, 2.75) is 65.7 Å². The summed E-state index contributed by atoms with van der Waals surface area (Å²) in [6, 6.07) is 8.12. The molecule has 0 bridgehead atoms. The first-order valence-electron chi connectivity index (χ1n) is 10.7. The fourth-order valence-electron chi connectivity index (χ4n) is 4.32. The lowest BCUT2D eigenvalue weighted by molar-refractivity contribution is 0.414. The van der Waals surface area contributed by atoms with Gasteiger partial charge in [-0.2, -0.15) is 0 Å². The van der Waals surface area contributed by atoms with Crippen LogP contribution in [0.25, 0.3) is 16.9 Å². The molecule has 156 valence electrons. The van der Waals surface area contributed by atoms with Gasteiger partial charge in [0.2, 0.25) is 0 Å². The second kappa shape index (κ2) is 8.85. The first kappa shape index (κ1) is 21.2. The van der Waals surface area contributed by atoms with Gasteiger partial charge in [0, 0.05) is 18.3 Å². The Balaban J connectivity index is 2.25. The van der Waals surface area contributed by atoms with Crippen LogP contribution in [-0.2, 0) is 13.5 Å². The van der Waals surface area contributed by atoms with Crippen LogP contribution in [0.5, 0.6) is 5.75 Å². The fourth-order valence-corrected chi connectivity index (χ4v) is 4.32.